The van der Waals surface area contributed by atoms with Crippen LogP contribution in [0.25, 0.3) is 0 Å². The van der Waals surface area contributed by atoms with E-state index in [-0.39, 0.29) is 5.69 Å². The third-order valence-corrected chi connectivity index (χ3v) is 4.53. The number of hydrogen-bond acceptors (Lipinski definition) is 12. The van der Waals surface area contributed by atoms with Gasteiger partial charge in [-0.2, -0.15) is 0 Å². The average Bonchev–Trinajstić information content (AvgIpc) is 3.18. The Kier molecular flexibility index (Phi) is 8.45. The van der Waals surface area contributed by atoms with Crippen LogP contribution < -0.4 is 5.32 Å². The minimum Gasteiger partial charge on any atom is -0.463 e. The van der Waals surface area contributed by atoms with E-state index in [1.165, 1.54) is 22.2 Å². The van der Waals surface area contributed by atoms with Crippen LogP contribution in [0.1, 0.15) is 38.2 Å². The predicted octanol–water partition coefficient (Wildman–Crippen LogP) is -0.0440. The molecule has 0 aliphatic carbocycles. The first-order valence-electron chi connectivity index (χ1n) is 9.08. The van der Waals surface area contributed by atoms with Crippen LogP contribution in [0.2, 0.25) is 0 Å². The lowest BCUT2D eigenvalue weighted by Gasteiger charge is -2.44. The number of nitrogens with one attached hydrogen (secondary N) is 1. The number of rotatable bonds is 7. The molecular formula is C18H22N2O10S. The molecule has 0 unspecified atom stereocenters. The quantitative estimate of drug-likeness (QED) is 0.432. The predicted molar refractivity (Wildman–Crippen MR) is 102 cm³/mol. The summed E-state index contributed by atoms with van der Waals surface area (Å²) in [5.41, 5.74) is 1.51. The molecule has 0 spiro atoms. The summed E-state index contributed by atoms with van der Waals surface area (Å²) in [5.74, 6) is -3.56. The summed E-state index contributed by atoms with van der Waals surface area (Å²) < 4.78 is 26.4. The monoisotopic (exact) mass is 458 g/mol. The topological polar surface area (TPSA) is 156 Å². The number of amides is 1. The lowest BCUT2D eigenvalue weighted by atomic mass is 9.96. The molecule has 1 aliphatic heterocycles. The summed E-state index contributed by atoms with van der Waals surface area (Å²) in [7, 11) is 0. The highest BCUT2D eigenvalue weighted by atomic mass is 32.1. The lowest BCUT2D eigenvalue weighted by molar-refractivity contribution is -0.270. The van der Waals surface area contributed by atoms with Gasteiger partial charge in [-0.1, -0.05) is 0 Å². The van der Waals surface area contributed by atoms with Gasteiger partial charge in [0.25, 0.3) is 5.91 Å². The van der Waals surface area contributed by atoms with E-state index in [4.69, 9.17) is 23.7 Å². The summed E-state index contributed by atoms with van der Waals surface area (Å²) in [5, 5.41) is 4.03. The normalized spacial score (nSPS) is 25.1. The summed E-state index contributed by atoms with van der Waals surface area (Å²) in [6.07, 6.45) is -5.22. The number of carbonyl (C=O) groups excluding carboxylic acids is 5. The Morgan fingerprint density at radius 3 is 2.10 bits per heavy atom. The molecule has 0 aromatic carbocycles. The third-order valence-electron chi connectivity index (χ3n) is 3.95. The molecule has 1 N–H and O–H groups in total. The number of nitrogens with zero attached hydrogens (tertiary/aromatic N) is 1. The van der Waals surface area contributed by atoms with Crippen molar-refractivity contribution < 1.29 is 47.7 Å². The van der Waals surface area contributed by atoms with Gasteiger partial charge in [-0.15, -0.1) is 11.3 Å². The third kappa shape index (κ3) is 7.00. The molecule has 5 atom stereocenters. The molecule has 1 fully saturated rings. The summed E-state index contributed by atoms with van der Waals surface area (Å²) in [6, 6.07) is -1.26. The van der Waals surface area contributed by atoms with Gasteiger partial charge in [-0.05, 0) is 0 Å². The molecule has 2 rings (SSSR count). The summed E-state index contributed by atoms with van der Waals surface area (Å²) >= 11 is 1.18. The molecule has 1 saturated heterocycles. The Morgan fingerprint density at radius 2 is 1.58 bits per heavy atom. The molecule has 0 bridgehead atoms. The van der Waals surface area contributed by atoms with Crippen molar-refractivity contribution >= 4 is 41.1 Å². The minimum atomic E-state index is -1.45. The van der Waals surface area contributed by atoms with E-state index in [0.717, 1.165) is 27.7 Å². The van der Waals surface area contributed by atoms with E-state index in [1.54, 1.807) is 0 Å². The molecule has 13 heteroatoms. The molecule has 170 valence electrons. The van der Waals surface area contributed by atoms with E-state index in [1.807, 2.05) is 0 Å². The number of carbonyl (C=O) groups is 5. The second kappa shape index (κ2) is 10.8. The molecule has 31 heavy (non-hydrogen) atoms. The Hall–Kier alpha value is -3.06. The van der Waals surface area contributed by atoms with Gasteiger partial charge >= 0.3 is 23.9 Å². The molecule has 2 heterocycles. The highest BCUT2D eigenvalue weighted by molar-refractivity contribution is 7.07. The summed E-state index contributed by atoms with van der Waals surface area (Å²) in [4.78, 5) is 62.8. The molecule has 1 amide bonds. The van der Waals surface area contributed by atoms with Crippen molar-refractivity contribution in [2.75, 3.05) is 6.61 Å². The fourth-order valence-electron chi connectivity index (χ4n) is 2.87. The Morgan fingerprint density at radius 1 is 0.968 bits per heavy atom. The van der Waals surface area contributed by atoms with E-state index in [0.29, 0.717) is 0 Å². The first-order valence-corrected chi connectivity index (χ1v) is 10.0. The zero-order chi connectivity index (χ0) is 23.1. The van der Waals surface area contributed by atoms with Crippen LogP contribution in [0.4, 0.5) is 0 Å². The van der Waals surface area contributed by atoms with Crippen LogP contribution in [0.3, 0.4) is 0 Å². The van der Waals surface area contributed by atoms with Crippen molar-refractivity contribution in [3.8, 4) is 0 Å². The van der Waals surface area contributed by atoms with E-state index >= 15 is 0 Å². The molecule has 1 aromatic heterocycles. The largest absolute Gasteiger partial charge is 0.463 e. The fraction of sp³-hybridized carbons (Fsp3) is 0.556. The van der Waals surface area contributed by atoms with E-state index in [9.17, 15) is 24.0 Å². The smallest absolute Gasteiger partial charge is 0.305 e. The second-order valence-electron chi connectivity index (χ2n) is 6.48. The number of thiazole rings is 1. The maximum Gasteiger partial charge on any atom is 0.305 e. The molecule has 1 aromatic rings. The van der Waals surface area contributed by atoms with Gasteiger partial charge in [-0.25, -0.2) is 4.98 Å². The van der Waals surface area contributed by atoms with Crippen LogP contribution in [-0.2, 0) is 42.9 Å². The van der Waals surface area contributed by atoms with Crippen LogP contribution in [0, 0.1) is 0 Å². The highest BCUT2D eigenvalue weighted by Crippen LogP contribution is 2.28. The Bertz CT molecular complexity index is 827. The van der Waals surface area contributed by atoms with Crippen LogP contribution in [0.15, 0.2) is 10.9 Å². The lowest BCUT2D eigenvalue weighted by Crippen LogP contribution is -2.67. The first-order chi connectivity index (χ1) is 14.6. The van der Waals surface area contributed by atoms with Crippen molar-refractivity contribution in [3.63, 3.8) is 0 Å². The van der Waals surface area contributed by atoms with Gasteiger partial charge in [0.15, 0.2) is 12.2 Å². The Labute approximate surface area is 181 Å². The minimum absolute atomic E-state index is 0.0687. The molecule has 0 radical (unpaired) electrons. The van der Waals surface area contributed by atoms with Crippen LogP contribution in [0.5, 0.6) is 0 Å². The molecule has 0 saturated carbocycles. The SMILES string of the molecule is CC(=O)OC[C@H]1O[C@@H](OC(C)=O)[C@H](NC(=O)c2cscn2)[C@@H](OC(C)=O)[C@H]1OC(C)=O. The average molecular weight is 458 g/mol. The number of aromatic nitrogens is 1. The van der Waals surface area contributed by atoms with E-state index < -0.39 is 67.0 Å². The number of esters is 4. The maximum atomic E-state index is 12.6. The van der Waals surface area contributed by atoms with E-state index in [2.05, 4.69) is 10.3 Å². The van der Waals surface area contributed by atoms with Crippen LogP contribution in [-0.4, -0.2) is 72.0 Å². The van der Waals surface area contributed by atoms with Crippen LogP contribution >= 0.6 is 11.3 Å². The standard InChI is InChI=1S/C18H22N2O10S/c1-8(21)26-5-13-15(27-9(2)22)16(28-10(3)23)14(18(30-13)29-11(4)24)20-17(25)12-6-31-7-19-12/h6-7,13-16,18H,5H2,1-4H3,(H,20,25)/t13-,14-,15+,16-,18-/m1/s1. The first kappa shape index (κ1) is 24.2. The molecular weight excluding hydrogens is 436 g/mol. The summed E-state index contributed by atoms with van der Waals surface area (Å²) in [6.45, 7) is 4.11. The molecule has 1 aliphatic rings. The Balaban J connectivity index is 2.42. The maximum absolute atomic E-state index is 12.6. The number of hydrogen-bond donors (Lipinski definition) is 1. The van der Waals surface area contributed by atoms with Gasteiger partial charge in [0.1, 0.15) is 24.4 Å². The van der Waals surface area contributed by atoms with Gasteiger partial charge < -0.3 is 29.0 Å². The highest BCUT2D eigenvalue weighted by Gasteiger charge is 2.52. The van der Waals surface area contributed by atoms with Gasteiger partial charge in [0.2, 0.25) is 6.29 Å². The van der Waals surface area contributed by atoms with Gasteiger partial charge in [0, 0.05) is 33.1 Å². The molecule has 12 nitrogen and oxygen atoms in total. The van der Waals surface area contributed by atoms with Gasteiger partial charge in [-0.3, -0.25) is 24.0 Å². The van der Waals surface area contributed by atoms with Crippen molar-refractivity contribution in [2.24, 2.45) is 0 Å². The van der Waals surface area contributed by atoms with Crippen molar-refractivity contribution in [1.29, 1.82) is 0 Å². The van der Waals surface area contributed by atoms with Gasteiger partial charge in [0.05, 0.1) is 5.51 Å². The number of ether oxygens (including phenoxy) is 5. The zero-order valence-electron chi connectivity index (χ0n) is 17.2. The van der Waals surface area contributed by atoms with Crippen molar-refractivity contribution in [2.45, 2.75) is 58.3 Å². The zero-order valence-corrected chi connectivity index (χ0v) is 18.0. The van der Waals surface area contributed by atoms with Crippen molar-refractivity contribution in [3.05, 3.63) is 16.6 Å². The second-order valence-corrected chi connectivity index (χ2v) is 7.19. The van der Waals surface area contributed by atoms with Crippen molar-refractivity contribution in [1.82, 2.24) is 10.3 Å². The fourth-order valence-corrected chi connectivity index (χ4v) is 3.40.